The Balaban J connectivity index is 1.93. The molecule has 1 unspecified atom stereocenters. The summed E-state index contributed by atoms with van der Waals surface area (Å²) in [6.07, 6.45) is 0.582. The first-order chi connectivity index (χ1) is 10.1. The van der Waals surface area contributed by atoms with Gasteiger partial charge in [0.05, 0.1) is 0 Å². The Labute approximate surface area is 121 Å². The van der Waals surface area contributed by atoms with Crippen LogP contribution in [0.2, 0.25) is 0 Å². The summed E-state index contributed by atoms with van der Waals surface area (Å²) in [6.45, 7) is 2.87. The number of fused-ring (bicyclic) bond motifs is 1. The van der Waals surface area contributed by atoms with Crippen LogP contribution in [0.4, 0.5) is 0 Å². The van der Waals surface area contributed by atoms with E-state index < -0.39 is 6.04 Å². The number of benzene rings is 1. The molecule has 1 aromatic carbocycles. The van der Waals surface area contributed by atoms with E-state index in [9.17, 15) is 14.7 Å². The summed E-state index contributed by atoms with van der Waals surface area (Å²) in [7, 11) is 0. The molecular weight excluding hydrogens is 270 g/mol. The highest BCUT2D eigenvalue weighted by atomic mass is 16.3. The van der Waals surface area contributed by atoms with Crippen LogP contribution in [0.5, 0.6) is 5.75 Å². The lowest BCUT2D eigenvalue weighted by atomic mass is 10.1. The Morgan fingerprint density at radius 3 is 3.00 bits per heavy atom. The van der Waals surface area contributed by atoms with Crippen molar-refractivity contribution in [2.24, 2.45) is 0 Å². The molecule has 1 fully saturated rings. The summed E-state index contributed by atoms with van der Waals surface area (Å²) < 4.78 is 0. The van der Waals surface area contributed by atoms with Crippen LogP contribution in [0, 0.1) is 0 Å². The van der Waals surface area contributed by atoms with E-state index in [0.29, 0.717) is 25.2 Å². The largest absolute Gasteiger partial charge is 0.508 e. The SMILES string of the molecule is CCC1C(=O)NCCN1C(=O)c1cc2cc(O)ccc2[nH]1. The molecule has 1 saturated heterocycles. The molecule has 0 aliphatic carbocycles. The van der Waals surface area contributed by atoms with Crippen LogP contribution in [0.1, 0.15) is 23.8 Å². The number of aromatic amines is 1. The van der Waals surface area contributed by atoms with Crippen LogP contribution in [0.25, 0.3) is 10.9 Å². The van der Waals surface area contributed by atoms with Crippen LogP contribution in [-0.4, -0.2) is 45.9 Å². The smallest absolute Gasteiger partial charge is 0.271 e. The minimum atomic E-state index is -0.425. The Hall–Kier alpha value is -2.50. The minimum absolute atomic E-state index is 0.106. The standard InChI is InChI=1S/C15H17N3O3/c1-2-13-14(20)16-5-6-18(13)15(21)12-8-9-7-10(19)3-4-11(9)17-12/h3-4,7-8,13,17,19H,2,5-6H2,1H3,(H,16,20). The van der Waals surface area contributed by atoms with E-state index in [-0.39, 0.29) is 17.6 Å². The zero-order valence-corrected chi connectivity index (χ0v) is 11.7. The second-order valence-electron chi connectivity index (χ2n) is 5.17. The van der Waals surface area contributed by atoms with E-state index in [1.165, 1.54) is 0 Å². The number of rotatable bonds is 2. The van der Waals surface area contributed by atoms with Gasteiger partial charge in [0, 0.05) is 24.0 Å². The monoisotopic (exact) mass is 287 g/mol. The van der Waals surface area contributed by atoms with Crippen molar-refractivity contribution in [2.75, 3.05) is 13.1 Å². The lowest BCUT2D eigenvalue weighted by Crippen LogP contribution is -2.56. The number of carbonyl (C=O) groups excluding carboxylic acids is 2. The molecular formula is C15H17N3O3. The maximum atomic E-state index is 12.6. The molecule has 1 aliphatic rings. The number of hydrogen-bond acceptors (Lipinski definition) is 3. The van der Waals surface area contributed by atoms with Gasteiger partial charge in [0.25, 0.3) is 5.91 Å². The molecule has 1 aromatic heterocycles. The number of aromatic hydroxyl groups is 1. The lowest BCUT2D eigenvalue weighted by molar-refractivity contribution is -0.127. The third-order valence-electron chi connectivity index (χ3n) is 3.81. The lowest BCUT2D eigenvalue weighted by Gasteiger charge is -2.34. The average molecular weight is 287 g/mol. The molecule has 6 heteroatoms. The molecule has 0 radical (unpaired) electrons. The summed E-state index contributed by atoms with van der Waals surface area (Å²) in [5.41, 5.74) is 1.22. The fraction of sp³-hybridized carbons (Fsp3) is 0.333. The Morgan fingerprint density at radius 1 is 1.43 bits per heavy atom. The van der Waals surface area contributed by atoms with Gasteiger partial charge < -0.3 is 20.3 Å². The van der Waals surface area contributed by atoms with Gasteiger partial charge in [-0.05, 0) is 30.7 Å². The van der Waals surface area contributed by atoms with Gasteiger partial charge in [-0.25, -0.2) is 0 Å². The quantitative estimate of drug-likeness (QED) is 0.776. The van der Waals surface area contributed by atoms with Gasteiger partial charge in [-0.2, -0.15) is 0 Å². The summed E-state index contributed by atoms with van der Waals surface area (Å²) in [5, 5.41) is 13.0. The van der Waals surface area contributed by atoms with Gasteiger partial charge in [0.15, 0.2) is 0 Å². The highest BCUT2D eigenvalue weighted by Gasteiger charge is 2.32. The molecule has 21 heavy (non-hydrogen) atoms. The van der Waals surface area contributed by atoms with Crippen molar-refractivity contribution in [1.29, 1.82) is 0 Å². The highest BCUT2D eigenvalue weighted by Crippen LogP contribution is 2.22. The maximum absolute atomic E-state index is 12.6. The molecule has 2 amide bonds. The topological polar surface area (TPSA) is 85.4 Å². The second kappa shape index (κ2) is 5.12. The van der Waals surface area contributed by atoms with Crippen LogP contribution in [-0.2, 0) is 4.79 Å². The molecule has 3 N–H and O–H groups in total. The highest BCUT2D eigenvalue weighted by molar-refractivity contribution is 6.00. The van der Waals surface area contributed by atoms with E-state index in [1.54, 1.807) is 29.2 Å². The second-order valence-corrected chi connectivity index (χ2v) is 5.17. The number of piperazine rings is 1. The van der Waals surface area contributed by atoms with Crippen molar-refractivity contribution >= 4 is 22.7 Å². The molecule has 6 nitrogen and oxygen atoms in total. The van der Waals surface area contributed by atoms with Gasteiger partial charge in [0.1, 0.15) is 17.5 Å². The normalized spacial score (nSPS) is 18.8. The Bertz CT molecular complexity index is 707. The molecule has 110 valence electrons. The number of nitrogens with zero attached hydrogens (tertiary/aromatic N) is 1. The molecule has 1 atom stereocenters. The van der Waals surface area contributed by atoms with Crippen molar-refractivity contribution in [2.45, 2.75) is 19.4 Å². The number of hydrogen-bond donors (Lipinski definition) is 3. The molecule has 2 aromatic rings. The van der Waals surface area contributed by atoms with E-state index >= 15 is 0 Å². The summed E-state index contributed by atoms with van der Waals surface area (Å²) in [5.74, 6) is -0.137. The minimum Gasteiger partial charge on any atom is -0.508 e. The third kappa shape index (κ3) is 2.33. The van der Waals surface area contributed by atoms with Crippen LogP contribution in [0.15, 0.2) is 24.3 Å². The fourth-order valence-corrected chi connectivity index (χ4v) is 2.75. The summed E-state index contributed by atoms with van der Waals surface area (Å²) in [4.78, 5) is 29.1. The van der Waals surface area contributed by atoms with Crippen molar-refractivity contribution < 1.29 is 14.7 Å². The van der Waals surface area contributed by atoms with Crippen molar-refractivity contribution in [3.63, 3.8) is 0 Å². The van der Waals surface area contributed by atoms with E-state index in [1.807, 2.05) is 6.92 Å². The van der Waals surface area contributed by atoms with Crippen LogP contribution < -0.4 is 5.32 Å². The molecule has 0 spiro atoms. The first-order valence-electron chi connectivity index (χ1n) is 7.00. The van der Waals surface area contributed by atoms with Gasteiger partial charge in [-0.1, -0.05) is 6.92 Å². The summed E-state index contributed by atoms with van der Waals surface area (Å²) >= 11 is 0. The molecule has 1 aliphatic heterocycles. The van der Waals surface area contributed by atoms with Crippen molar-refractivity contribution in [3.05, 3.63) is 30.0 Å². The van der Waals surface area contributed by atoms with Gasteiger partial charge in [-0.3, -0.25) is 9.59 Å². The number of nitrogens with one attached hydrogen (secondary N) is 2. The number of phenols is 1. The van der Waals surface area contributed by atoms with Gasteiger partial charge >= 0.3 is 0 Å². The Morgan fingerprint density at radius 2 is 2.24 bits per heavy atom. The van der Waals surface area contributed by atoms with Gasteiger partial charge in [-0.15, -0.1) is 0 Å². The molecule has 3 rings (SSSR count). The maximum Gasteiger partial charge on any atom is 0.271 e. The van der Waals surface area contributed by atoms with E-state index in [2.05, 4.69) is 10.3 Å². The predicted molar refractivity (Wildman–Crippen MR) is 78.1 cm³/mol. The van der Waals surface area contributed by atoms with Crippen LogP contribution >= 0.6 is 0 Å². The number of H-pyrrole nitrogens is 1. The first kappa shape index (κ1) is 13.5. The fourth-order valence-electron chi connectivity index (χ4n) is 2.75. The Kier molecular flexibility index (Phi) is 3.29. The number of carbonyl (C=O) groups is 2. The third-order valence-corrected chi connectivity index (χ3v) is 3.81. The predicted octanol–water partition coefficient (Wildman–Crippen LogP) is 1.22. The molecule has 0 bridgehead atoms. The van der Waals surface area contributed by atoms with Crippen molar-refractivity contribution in [1.82, 2.24) is 15.2 Å². The zero-order chi connectivity index (χ0) is 15.0. The zero-order valence-electron chi connectivity index (χ0n) is 11.7. The first-order valence-corrected chi connectivity index (χ1v) is 7.00. The van der Waals surface area contributed by atoms with E-state index in [0.717, 1.165) is 10.9 Å². The number of phenolic OH excluding ortho intramolecular Hbond substituents is 1. The van der Waals surface area contributed by atoms with Crippen LogP contribution in [0.3, 0.4) is 0 Å². The van der Waals surface area contributed by atoms with Crippen molar-refractivity contribution in [3.8, 4) is 5.75 Å². The van der Waals surface area contributed by atoms with Gasteiger partial charge in [0.2, 0.25) is 5.91 Å². The summed E-state index contributed by atoms with van der Waals surface area (Å²) in [6, 6.07) is 6.17. The average Bonchev–Trinajstić information content (AvgIpc) is 2.89. The number of aromatic nitrogens is 1. The van der Waals surface area contributed by atoms with E-state index in [4.69, 9.17) is 0 Å². The molecule has 0 saturated carbocycles. The number of amides is 2. The molecule has 2 heterocycles.